The van der Waals surface area contributed by atoms with Gasteiger partial charge in [-0.15, -0.1) is 0 Å². The summed E-state index contributed by atoms with van der Waals surface area (Å²) in [5, 5.41) is 0. The monoisotopic (exact) mass is 372 g/mol. The minimum Gasteiger partial charge on any atom is -0.378 e. The number of Topliss-reactive ketones (excluding diaryl/α,β-unsaturated/α-hetero) is 1. The first-order valence-corrected chi connectivity index (χ1v) is 11.3. The van der Waals surface area contributed by atoms with E-state index in [9.17, 15) is 9.59 Å². The highest BCUT2D eigenvalue weighted by atomic mass is 16.5. The first-order chi connectivity index (χ1) is 12.9. The fraction of sp³-hybridized carbons (Fsp3) is 0.833. The van der Waals surface area contributed by atoms with E-state index >= 15 is 0 Å². The van der Waals surface area contributed by atoms with E-state index in [2.05, 4.69) is 20.8 Å². The lowest BCUT2D eigenvalue weighted by atomic mass is 9.48. The van der Waals surface area contributed by atoms with Gasteiger partial charge in [0.25, 0.3) is 0 Å². The average molecular weight is 373 g/mol. The van der Waals surface area contributed by atoms with Crippen LogP contribution in [-0.2, 0) is 14.3 Å². The summed E-state index contributed by atoms with van der Waals surface area (Å²) in [6.45, 7) is 7.60. The first-order valence-electron chi connectivity index (χ1n) is 11.3. The smallest absolute Gasteiger partial charge is 0.159 e. The van der Waals surface area contributed by atoms with Gasteiger partial charge in [0.1, 0.15) is 5.78 Å². The zero-order chi connectivity index (χ0) is 19.2. The number of hydrogen-bond donors (Lipinski definition) is 0. The third-order valence-corrected chi connectivity index (χ3v) is 8.71. The quantitative estimate of drug-likeness (QED) is 0.617. The molecule has 4 aliphatic rings. The fourth-order valence-corrected chi connectivity index (χ4v) is 6.89. The Bertz CT molecular complexity index is 650. The molecule has 0 N–H and O–H groups in total. The minimum absolute atomic E-state index is 0.0750. The molecule has 3 nitrogen and oxygen atoms in total. The van der Waals surface area contributed by atoms with Gasteiger partial charge in [-0.25, -0.2) is 0 Å². The molecule has 0 spiro atoms. The van der Waals surface area contributed by atoms with Gasteiger partial charge in [0, 0.05) is 24.4 Å². The predicted octanol–water partition coefficient (Wildman–Crippen LogP) is 5.27. The maximum atomic E-state index is 13.2. The van der Waals surface area contributed by atoms with Gasteiger partial charge < -0.3 is 4.74 Å². The average Bonchev–Trinajstić information content (AvgIpc) is 2.95. The molecule has 4 rings (SSSR count). The highest BCUT2D eigenvalue weighted by molar-refractivity contribution is 5.96. The molecule has 0 bridgehead atoms. The van der Waals surface area contributed by atoms with Gasteiger partial charge >= 0.3 is 0 Å². The number of carbonyl (C=O) groups is 2. The lowest BCUT2D eigenvalue weighted by Gasteiger charge is -2.56. The minimum atomic E-state index is -0.238. The van der Waals surface area contributed by atoms with Crippen LogP contribution in [0.3, 0.4) is 0 Å². The summed E-state index contributed by atoms with van der Waals surface area (Å²) in [5.41, 5.74) is 1.24. The van der Waals surface area contributed by atoms with Gasteiger partial charge in [0.05, 0.1) is 6.10 Å². The third kappa shape index (κ3) is 3.05. The summed E-state index contributed by atoms with van der Waals surface area (Å²) in [6, 6.07) is 0. The van der Waals surface area contributed by atoms with E-state index < -0.39 is 0 Å². The second-order valence-electron chi connectivity index (χ2n) is 10.1. The molecule has 6 atom stereocenters. The predicted molar refractivity (Wildman–Crippen MR) is 106 cm³/mol. The molecule has 0 heterocycles. The number of ketones is 2. The Balaban J connectivity index is 1.53. The summed E-state index contributed by atoms with van der Waals surface area (Å²) in [5.74, 6) is 1.49. The number of unbranched alkanes of at least 4 members (excludes halogenated alkanes) is 2. The molecule has 0 aromatic rings. The summed E-state index contributed by atoms with van der Waals surface area (Å²) in [6.07, 6.45) is 12.6. The Kier molecular flexibility index (Phi) is 5.12. The maximum absolute atomic E-state index is 13.2. The van der Waals surface area contributed by atoms with Crippen LogP contribution in [0.25, 0.3) is 0 Å². The van der Waals surface area contributed by atoms with Crippen LogP contribution in [0.1, 0.15) is 85.0 Å². The highest BCUT2D eigenvalue weighted by Crippen LogP contribution is 2.63. The van der Waals surface area contributed by atoms with Crippen LogP contribution >= 0.6 is 0 Å². The van der Waals surface area contributed by atoms with E-state index in [1.165, 1.54) is 18.4 Å². The Morgan fingerprint density at radius 3 is 2.56 bits per heavy atom. The Labute approximate surface area is 164 Å². The number of rotatable bonds is 5. The Morgan fingerprint density at radius 2 is 1.78 bits per heavy atom. The molecule has 3 fully saturated rings. The maximum Gasteiger partial charge on any atom is 0.159 e. The van der Waals surface area contributed by atoms with E-state index in [1.54, 1.807) is 0 Å². The van der Waals surface area contributed by atoms with Crippen molar-refractivity contribution in [3.05, 3.63) is 11.6 Å². The summed E-state index contributed by atoms with van der Waals surface area (Å²) >= 11 is 0. The number of allylic oxidation sites excluding steroid dienone is 1. The van der Waals surface area contributed by atoms with E-state index in [1.807, 2.05) is 6.08 Å². The molecule has 150 valence electrons. The lowest BCUT2D eigenvalue weighted by molar-refractivity contribution is -0.140. The van der Waals surface area contributed by atoms with Crippen LogP contribution in [-0.4, -0.2) is 24.3 Å². The van der Waals surface area contributed by atoms with Gasteiger partial charge in [-0.1, -0.05) is 39.2 Å². The third-order valence-electron chi connectivity index (χ3n) is 8.71. The van der Waals surface area contributed by atoms with Gasteiger partial charge in [-0.05, 0) is 68.3 Å². The molecular weight excluding hydrogens is 336 g/mol. The lowest BCUT2D eigenvalue weighted by Crippen LogP contribution is -2.53. The van der Waals surface area contributed by atoms with Crippen molar-refractivity contribution in [2.45, 2.75) is 91.1 Å². The molecule has 3 saturated carbocycles. The standard InChI is InChI=1S/C24H36O3/c1-4-5-6-13-27-17-9-11-23(2)16(14-17)15-20(25)22-18-7-8-21(26)24(18,3)12-10-19(22)23/h15,17-19,22H,4-14H2,1-3H3/t17?,18-,19+,22-,23-,24-/m0/s1. The topological polar surface area (TPSA) is 43.4 Å². The van der Waals surface area contributed by atoms with Crippen LogP contribution in [0.2, 0.25) is 0 Å². The first kappa shape index (κ1) is 19.4. The molecule has 0 aromatic carbocycles. The summed E-state index contributed by atoms with van der Waals surface area (Å²) in [4.78, 5) is 25.7. The van der Waals surface area contributed by atoms with Crippen LogP contribution in [0.5, 0.6) is 0 Å². The SMILES string of the molecule is CCCCCOC1CC[C@@]2(C)C(=CC(=O)[C@@H]3[C@H]2CC[C@]2(C)C(=O)CC[C@@H]32)C1. The number of ether oxygens (including phenoxy) is 1. The number of carbonyl (C=O) groups excluding carboxylic acids is 2. The van der Waals surface area contributed by atoms with Gasteiger partial charge in [-0.2, -0.15) is 0 Å². The molecule has 3 heteroatoms. The van der Waals surface area contributed by atoms with Gasteiger partial charge in [0.2, 0.25) is 0 Å². The highest BCUT2D eigenvalue weighted by Gasteiger charge is 2.60. The molecule has 27 heavy (non-hydrogen) atoms. The van der Waals surface area contributed by atoms with Crippen molar-refractivity contribution >= 4 is 11.6 Å². The molecule has 0 aliphatic heterocycles. The number of fused-ring (bicyclic) bond motifs is 5. The number of hydrogen-bond acceptors (Lipinski definition) is 3. The molecular formula is C24H36O3. The van der Waals surface area contributed by atoms with Crippen molar-refractivity contribution < 1.29 is 14.3 Å². The van der Waals surface area contributed by atoms with Gasteiger partial charge in [-0.3, -0.25) is 9.59 Å². The fourth-order valence-electron chi connectivity index (χ4n) is 6.89. The van der Waals surface area contributed by atoms with Crippen LogP contribution in [0, 0.1) is 28.6 Å². The molecule has 0 aromatic heterocycles. The molecule has 0 saturated heterocycles. The second-order valence-corrected chi connectivity index (χ2v) is 10.1. The van der Waals surface area contributed by atoms with E-state index in [0.29, 0.717) is 23.9 Å². The van der Waals surface area contributed by atoms with Crippen molar-refractivity contribution in [2.75, 3.05) is 6.61 Å². The Morgan fingerprint density at radius 1 is 1.04 bits per heavy atom. The van der Waals surface area contributed by atoms with E-state index in [4.69, 9.17) is 4.74 Å². The van der Waals surface area contributed by atoms with Gasteiger partial charge in [0.15, 0.2) is 5.78 Å². The van der Waals surface area contributed by atoms with E-state index in [0.717, 1.165) is 51.6 Å². The Hall–Kier alpha value is -0.960. The summed E-state index contributed by atoms with van der Waals surface area (Å²) < 4.78 is 6.15. The summed E-state index contributed by atoms with van der Waals surface area (Å²) in [7, 11) is 0. The van der Waals surface area contributed by atoms with Crippen molar-refractivity contribution in [2.24, 2.45) is 28.6 Å². The largest absolute Gasteiger partial charge is 0.378 e. The molecule has 4 aliphatic carbocycles. The normalized spacial score (nSPS) is 43.7. The van der Waals surface area contributed by atoms with Crippen molar-refractivity contribution in [1.82, 2.24) is 0 Å². The molecule has 1 unspecified atom stereocenters. The zero-order valence-electron chi connectivity index (χ0n) is 17.4. The van der Waals surface area contributed by atoms with Crippen LogP contribution in [0.15, 0.2) is 11.6 Å². The second kappa shape index (κ2) is 7.13. The van der Waals surface area contributed by atoms with Crippen molar-refractivity contribution in [3.63, 3.8) is 0 Å². The van der Waals surface area contributed by atoms with Crippen LogP contribution < -0.4 is 0 Å². The molecule has 0 radical (unpaired) electrons. The molecule has 0 amide bonds. The van der Waals surface area contributed by atoms with E-state index in [-0.39, 0.29) is 28.8 Å². The van der Waals surface area contributed by atoms with Crippen molar-refractivity contribution in [3.8, 4) is 0 Å². The van der Waals surface area contributed by atoms with Crippen molar-refractivity contribution in [1.29, 1.82) is 0 Å². The van der Waals surface area contributed by atoms with Crippen LogP contribution in [0.4, 0.5) is 0 Å². The zero-order valence-corrected chi connectivity index (χ0v) is 17.4.